The number of aromatic amines is 1. The molecule has 0 aliphatic carbocycles. The predicted molar refractivity (Wildman–Crippen MR) is 164 cm³/mol. The molecule has 14 N–H and O–H groups in total. The first-order valence-corrected chi connectivity index (χ1v) is 14.8. The lowest BCUT2D eigenvalue weighted by atomic mass is 10.1. The summed E-state index contributed by atoms with van der Waals surface area (Å²) in [5.41, 5.74) is 11.6. The molecule has 49 heavy (non-hydrogen) atoms. The fourth-order valence-corrected chi connectivity index (χ4v) is 3.90. The molecule has 6 atom stereocenters. The van der Waals surface area contributed by atoms with Crippen molar-refractivity contribution in [3.63, 3.8) is 0 Å². The predicted octanol–water partition coefficient (Wildman–Crippen LogP) is -5.93. The monoisotopic (exact) mass is 698 g/mol. The second-order valence-corrected chi connectivity index (χ2v) is 10.8. The Balaban J connectivity index is 2.72. The molecule has 22 nitrogen and oxygen atoms in total. The van der Waals surface area contributed by atoms with Crippen LogP contribution in [-0.4, -0.2) is 128 Å². The van der Waals surface area contributed by atoms with Crippen molar-refractivity contribution in [1.82, 2.24) is 41.9 Å². The first kappa shape index (κ1) is 41.4. The standard InChI is InChI=1S/C27H42N10O12/c1-12(33-24(45)15(28)7-14-8-30-11-32-14)22(43)36-16(3-5-19(29)39)25(46)31-9-20(40)35-18(10-38)26(47)34-13(2)23(44)37-17(27(48)49)4-6-21(41)42/h8,11-13,15-18,38H,3-7,9-10,28H2,1-2H3,(H2,29,39)(H,30,32)(H,31,46)(H,33,45)(H,34,47)(H,35,40)(H,36,43)(H,37,44)(H,41,42)(H,48,49)/t12-,13-,15-,16-,17-,18-/m0/s1. The Morgan fingerprint density at radius 3 is 1.86 bits per heavy atom. The summed E-state index contributed by atoms with van der Waals surface area (Å²) in [6.45, 7) is 0.756. The topological polar surface area (TPSA) is 367 Å². The van der Waals surface area contributed by atoms with Crippen molar-refractivity contribution in [2.45, 2.75) is 82.2 Å². The van der Waals surface area contributed by atoms with Crippen LogP contribution < -0.4 is 43.4 Å². The number of aliphatic carboxylic acids is 2. The van der Waals surface area contributed by atoms with Crippen LogP contribution in [0.3, 0.4) is 0 Å². The van der Waals surface area contributed by atoms with Crippen molar-refractivity contribution in [2.24, 2.45) is 11.5 Å². The number of carboxylic acid groups (broad SMARTS) is 2. The van der Waals surface area contributed by atoms with Crippen LogP contribution >= 0.6 is 0 Å². The molecule has 0 aliphatic rings. The van der Waals surface area contributed by atoms with Crippen molar-refractivity contribution in [3.05, 3.63) is 18.2 Å². The maximum absolute atomic E-state index is 12.8. The molecule has 0 radical (unpaired) electrons. The maximum atomic E-state index is 12.8. The molecule has 1 aromatic heterocycles. The summed E-state index contributed by atoms with van der Waals surface area (Å²) in [4.78, 5) is 115. The molecule has 0 fully saturated rings. The van der Waals surface area contributed by atoms with Crippen molar-refractivity contribution in [1.29, 1.82) is 0 Å². The number of hydrogen-bond acceptors (Lipinski definition) is 12. The first-order chi connectivity index (χ1) is 22.9. The van der Waals surface area contributed by atoms with Gasteiger partial charge in [-0.3, -0.25) is 38.4 Å². The van der Waals surface area contributed by atoms with Crippen molar-refractivity contribution in [2.75, 3.05) is 13.2 Å². The fourth-order valence-electron chi connectivity index (χ4n) is 3.90. The Hall–Kier alpha value is -5.64. The van der Waals surface area contributed by atoms with Crippen molar-refractivity contribution < 1.29 is 58.5 Å². The van der Waals surface area contributed by atoms with Crippen LogP contribution in [0.5, 0.6) is 0 Å². The van der Waals surface area contributed by atoms with Gasteiger partial charge in [0.1, 0.15) is 30.2 Å². The third-order valence-corrected chi connectivity index (χ3v) is 6.67. The third kappa shape index (κ3) is 15.7. The van der Waals surface area contributed by atoms with E-state index in [1.165, 1.54) is 26.4 Å². The Morgan fingerprint density at radius 2 is 1.35 bits per heavy atom. The van der Waals surface area contributed by atoms with Gasteiger partial charge in [0, 0.05) is 31.2 Å². The lowest BCUT2D eigenvalue weighted by Gasteiger charge is -2.23. The van der Waals surface area contributed by atoms with Crippen molar-refractivity contribution >= 4 is 53.3 Å². The Bertz CT molecular complexity index is 1360. The van der Waals surface area contributed by atoms with Gasteiger partial charge >= 0.3 is 11.9 Å². The van der Waals surface area contributed by atoms with E-state index < -0.39 is 116 Å². The number of nitrogens with two attached hydrogens (primary N) is 2. The van der Waals surface area contributed by atoms with Gasteiger partial charge in [-0.15, -0.1) is 0 Å². The number of hydrogen-bond donors (Lipinski definition) is 12. The minimum atomic E-state index is -1.63. The summed E-state index contributed by atoms with van der Waals surface area (Å²) < 4.78 is 0. The third-order valence-electron chi connectivity index (χ3n) is 6.67. The molecule has 0 saturated heterocycles. The molecule has 0 spiro atoms. The van der Waals surface area contributed by atoms with E-state index in [-0.39, 0.29) is 19.3 Å². The van der Waals surface area contributed by atoms with E-state index in [1.54, 1.807) is 0 Å². The maximum Gasteiger partial charge on any atom is 0.326 e. The molecule has 1 rings (SSSR count). The molecule has 0 unspecified atom stereocenters. The molecule has 0 bridgehead atoms. The summed E-state index contributed by atoms with van der Waals surface area (Å²) in [6, 6.07) is -8.18. The van der Waals surface area contributed by atoms with Crippen LogP contribution in [0.15, 0.2) is 12.5 Å². The van der Waals surface area contributed by atoms with Gasteiger partial charge in [-0.05, 0) is 26.7 Å². The SMILES string of the molecule is C[C@H](NC(=O)[C@H](CO)NC(=O)CNC(=O)[C@H](CCC(N)=O)NC(=O)[C@H](C)NC(=O)[C@@H](N)Cc1cnc[nH]1)C(=O)N[C@@H](CCC(=O)O)C(=O)O. The number of carbonyl (C=O) groups is 9. The molecule has 272 valence electrons. The molecular formula is C27H42N10O12. The average molecular weight is 699 g/mol. The molecule has 1 heterocycles. The number of nitrogens with one attached hydrogen (secondary N) is 7. The highest BCUT2D eigenvalue weighted by atomic mass is 16.4. The highest BCUT2D eigenvalue weighted by Crippen LogP contribution is 2.02. The largest absolute Gasteiger partial charge is 0.481 e. The molecule has 1 aromatic rings. The van der Waals surface area contributed by atoms with Crippen LogP contribution in [0.2, 0.25) is 0 Å². The summed E-state index contributed by atoms with van der Waals surface area (Å²) in [5.74, 6) is -9.08. The average Bonchev–Trinajstić information content (AvgIpc) is 3.54. The minimum absolute atomic E-state index is 0.0996. The zero-order valence-corrected chi connectivity index (χ0v) is 26.7. The lowest BCUT2D eigenvalue weighted by Crippen LogP contribution is -2.57. The number of primary amides is 1. The number of H-pyrrole nitrogens is 1. The second-order valence-electron chi connectivity index (χ2n) is 10.8. The number of nitrogens with zero attached hydrogens (tertiary/aromatic N) is 1. The van der Waals surface area contributed by atoms with Crippen molar-refractivity contribution in [3.8, 4) is 0 Å². The second kappa shape index (κ2) is 20.6. The minimum Gasteiger partial charge on any atom is -0.481 e. The summed E-state index contributed by atoms with van der Waals surface area (Å²) in [5, 5.41) is 40.8. The van der Waals surface area contributed by atoms with Crippen LogP contribution in [0, 0.1) is 0 Å². The Morgan fingerprint density at radius 1 is 0.776 bits per heavy atom. The smallest absolute Gasteiger partial charge is 0.326 e. The van der Waals surface area contributed by atoms with E-state index in [4.69, 9.17) is 16.6 Å². The van der Waals surface area contributed by atoms with Crippen LogP contribution in [-0.2, 0) is 49.6 Å². The highest BCUT2D eigenvalue weighted by Gasteiger charge is 2.29. The molecule has 0 aliphatic heterocycles. The van der Waals surface area contributed by atoms with Gasteiger partial charge in [-0.2, -0.15) is 0 Å². The van der Waals surface area contributed by atoms with E-state index in [0.29, 0.717) is 5.69 Å². The van der Waals surface area contributed by atoms with Gasteiger partial charge in [-0.25, -0.2) is 9.78 Å². The van der Waals surface area contributed by atoms with Gasteiger partial charge in [0.25, 0.3) is 0 Å². The quantitative estimate of drug-likeness (QED) is 0.0537. The summed E-state index contributed by atoms with van der Waals surface area (Å²) >= 11 is 0. The normalized spacial score (nSPS) is 14.4. The van der Waals surface area contributed by atoms with Gasteiger partial charge in [-0.1, -0.05) is 0 Å². The molecule has 7 amide bonds. The van der Waals surface area contributed by atoms with Crippen LogP contribution in [0.4, 0.5) is 0 Å². The van der Waals surface area contributed by atoms with Gasteiger partial charge in [0.2, 0.25) is 41.4 Å². The van der Waals surface area contributed by atoms with E-state index in [2.05, 4.69) is 41.9 Å². The van der Waals surface area contributed by atoms with E-state index in [1.807, 2.05) is 0 Å². The van der Waals surface area contributed by atoms with E-state index in [9.17, 15) is 53.4 Å². The van der Waals surface area contributed by atoms with Gasteiger partial charge in [0.05, 0.1) is 25.5 Å². The molecule has 0 aromatic carbocycles. The van der Waals surface area contributed by atoms with Gasteiger partial charge < -0.3 is 63.7 Å². The Kier molecular flexibility index (Phi) is 17.4. The summed E-state index contributed by atoms with van der Waals surface area (Å²) in [6.07, 6.45) is 1.37. The zero-order chi connectivity index (χ0) is 37.3. The Labute approximate surface area is 278 Å². The molecular weight excluding hydrogens is 656 g/mol. The summed E-state index contributed by atoms with van der Waals surface area (Å²) in [7, 11) is 0. The number of rotatable bonds is 22. The highest BCUT2D eigenvalue weighted by molar-refractivity contribution is 5.96. The fraction of sp³-hybridized carbons (Fsp3) is 0.556. The van der Waals surface area contributed by atoms with E-state index >= 15 is 0 Å². The number of imidazole rings is 1. The molecule has 22 heteroatoms. The number of aliphatic hydroxyl groups is 1. The number of carbonyl (C=O) groups excluding carboxylic acids is 7. The van der Waals surface area contributed by atoms with Crippen LogP contribution in [0.25, 0.3) is 0 Å². The van der Waals surface area contributed by atoms with E-state index in [0.717, 1.165) is 0 Å². The number of carboxylic acids is 2. The van der Waals surface area contributed by atoms with Gasteiger partial charge in [0.15, 0.2) is 0 Å². The molecule has 0 saturated carbocycles. The first-order valence-electron chi connectivity index (χ1n) is 14.8. The zero-order valence-electron chi connectivity index (χ0n) is 26.7. The number of amides is 7. The number of aliphatic hydroxyl groups excluding tert-OH is 1. The number of aromatic nitrogens is 2. The van der Waals surface area contributed by atoms with Crippen LogP contribution in [0.1, 0.15) is 45.2 Å². The lowest BCUT2D eigenvalue weighted by molar-refractivity contribution is -0.143.